The molecule has 1 radical (unpaired) electrons. The summed E-state index contributed by atoms with van der Waals surface area (Å²) < 4.78 is 123. The third kappa shape index (κ3) is 10.6. The quantitative estimate of drug-likeness (QED) is 0.0508. The summed E-state index contributed by atoms with van der Waals surface area (Å²) in [5, 5.41) is 15.4. The second kappa shape index (κ2) is 21.9. The van der Waals surface area contributed by atoms with Crippen molar-refractivity contribution in [2.75, 3.05) is 0 Å². The topological polar surface area (TPSA) is 102 Å². The summed E-state index contributed by atoms with van der Waals surface area (Å²) in [6.07, 6.45) is -6.79. The fraction of sp³-hybridized carbons (Fsp3) is 0.0566. The van der Waals surface area contributed by atoms with Crippen LogP contribution in [0.3, 0.4) is 0 Å². The van der Waals surface area contributed by atoms with E-state index in [0.717, 1.165) is 37.9 Å². The number of benzene rings is 8. The van der Waals surface area contributed by atoms with Gasteiger partial charge in [-0.15, -0.1) is 0 Å². The first kappa shape index (κ1) is 52.6. The zero-order chi connectivity index (χ0) is 48.7. The van der Waals surface area contributed by atoms with Gasteiger partial charge in [0, 0.05) is 81.2 Å². The van der Waals surface area contributed by atoms with Gasteiger partial charge in [0.2, 0.25) is 5.78 Å². The Morgan fingerprint density at radius 1 is 0.449 bits per heavy atom. The summed E-state index contributed by atoms with van der Waals surface area (Å²) in [7, 11) is -5.55. The molecule has 0 aliphatic rings. The van der Waals surface area contributed by atoms with E-state index in [1.807, 2.05) is 182 Å². The van der Waals surface area contributed by atoms with Gasteiger partial charge in [-0.05, 0) is 16.8 Å². The molecule has 9 rings (SSSR count). The van der Waals surface area contributed by atoms with Gasteiger partial charge in [0.25, 0.3) is 0 Å². The maximum atomic E-state index is 13.8. The number of halogens is 7. The largest absolute Gasteiger partial charge is 0.506 e. The molecule has 6 nitrogen and oxygen atoms in total. The van der Waals surface area contributed by atoms with Gasteiger partial charge >= 0.3 is 23.6 Å². The molecule has 16 heteroatoms. The Labute approximate surface area is 431 Å². The number of carbonyl (C=O) groups excluding carboxylic acids is 1. The summed E-state index contributed by atoms with van der Waals surface area (Å²) in [6, 6.07) is 66.6. The number of ketones is 1. The van der Waals surface area contributed by atoms with Gasteiger partial charge in [-0.3, -0.25) is 4.79 Å². The molecule has 0 atom stereocenters. The normalized spacial score (nSPS) is 11.9. The Morgan fingerprint density at radius 3 is 1.07 bits per heavy atom. The van der Waals surface area contributed by atoms with Gasteiger partial charge < -0.3 is 18.7 Å². The fourth-order valence-corrected chi connectivity index (χ4v) is 12.7. The molecule has 351 valence electrons. The summed E-state index contributed by atoms with van der Waals surface area (Å²) in [4.78, 5) is 23.7. The second-order valence-corrected chi connectivity index (χ2v) is 20.5. The Hall–Kier alpha value is -5.75. The van der Waals surface area contributed by atoms with Gasteiger partial charge in [0.05, 0.1) is 5.39 Å². The van der Waals surface area contributed by atoms with E-state index in [1.54, 1.807) is 6.07 Å². The van der Waals surface area contributed by atoms with Crippen LogP contribution >= 0.6 is 14.3 Å². The number of rotatable bonds is 9. The molecule has 0 aliphatic heterocycles. The number of carbonyl (C=O) groups is 1. The zero-order valence-electron chi connectivity index (χ0n) is 35.7. The van der Waals surface area contributed by atoms with Crippen LogP contribution in [0.1, 0.15) is 10.4 Å². The van der Waals surface area contributed by atoms with E-state index in [1.165, 1.54) is 24.3 Å². The number of fused-ring (bicyclic) bond motifs is 3. The average Bonchev–Trinajstić information content (AvgIpc) is 3.37. The van der Waals surface area contributed by atoms with Crippen LogP contribution in [0, 0.1) is 49.4 Å². The molecule has 1 aromatic heterocycles. The van der Waals surface area contributed by atoms with Crippen molar-refractivity contribution < 1.29 is 104 Å². The number of Topliss-reactive ketones (excluding diaryl/α,β-unsaturated/α-hetero) is 1. The van der Waals surface area contributed by atoms with E-state index in [9.17, 15) is 54.6 Å². The van der Waals surface area contributed by atoms with Crippen molar-refractivity contribution in [1.29, 1.82) is 0 Å². The van der Waals surface area contributed by atoms with Gasteiger partial charge in [-0.1, -0.05) is 212 Å². The van der Waals surface area contributed by atoms with Crippen molar-refractivity contribution in [3.63, 3.8) is 0 Å². The minimum absolute atomic E-state index is 0. The van der Waals surface area contributed by atoms with Crippen molar-refractivity contribution in [1.82, 2.24) is 0 Å². The minimum Gasteiger partial charge on any atom is -0.506 e. The SMILES string of the molecule is O=C(c1c(O)c2c(ccc3ccccc32)oc1=O)C(F)(F)C(F)(F)C(F)(F)F.O=P(c1ccccc1)(c1ccccc1)c1ccccc1.O=P(c1ccccc1)(c1ccccc1)c1ccccc1.[Eu]. The van der Waals surface area contributed by atoms with Crippen molar-refractivity contribution in [3.05, 3.63) is 234 Å². The number of alkyl halides is 7. The third-order valence-corrected chi connectivity index (χ3v) is 16.9. The first-order valence-electron chi connectivity index (χ1n) is 20.5. The molecule has 0 aliphatic carbocycles. The van der Waals surface area contributed by atoms with Gasteiger partial charge in [-0.2, -0.15) is 30.7 Å². The maximum absolute atomic E-state index is 13.8. The van der Waals surface area contributed by atoms with E-state index in [-0.39, 0.29) is 60.3 Å². The van der Waals surface area contributed by atoms with Crippen LogP contribution in [0.15, 0.2) is 228 Å². The number of aromatic hydroxyl groups is 1. The molecule has 0 spiro atoms. The molecule has 1 N–H and O–H groups in total. The molecule has 9 aromatic rings. The summed E-state index contributed by atoms with van der Waals surface area (Å²) in [5.74, 6) is -17.8. The summed E-state index contributed by atoms with van der Waals surface area (Å²) in [6.45, 7) is 0. The van der Waals surface area contributed by atoms with Crippen molar-refractivity contribution in [3.8, 4) is 5.75 Å². The van der Waals surface area contributed by atoms with Crippen molar-refractivity contribution >= 4 is 73.6 Å². The van der Waals surface area contributed by atoms with Crippen LogP contribution in [0.25, 0.3) is 21.7 Å². The van der Waals surface area contributed by atoms with Crippen LogP contribution < -0.4 is 37.5 Å². The van der Waals surface area contributed by atoms with E-state index < -0.39 is 60.4 Å². The van der Waals surface area contributed by atoms with E-state index in [0.29, 0.717) is 5.39 Å². The summed E-state index contributed by atoms with van der Waals surface area (Å²) >= 11 is 0. The summed E-state index contributed by atoms with van der Waals surface area (Å²) in [5.41, 5.74) is -4.37. The Balaban J connectivity index is 0.000000172. The first-order chi connectivity index (χ1) is 32.4. The van der Waals surface area contributed by atoms with E-state index in [4.69, 9.17) is 0 Å². The second-order valence-electron chi connectivity index (χ2n) is 15.0. The van der Waals surface area contributed by atoms with E-state index >= 15 is 0 Å². The minimum atomic E-state index is -6.79. The first-order valence-corrected chi connectivity index (χ1v) is 23.9. The number of hydrogen-bond acceptors (Lipinski definition) is 6. The van der Waals surface area contributed by atoms with Gasteiger partial charge in [-0.25, -0.2) is 4.79 Å². The van der Waals surface area contributed by atoms with E-state index in [2.05, 4.69) is 4.42 Å². The van der Waals surface area contributed by atoms with Crippen molar-refractivity contribution in [2.45, 2.75) is 18.0 Å². The molecule has 0 fully saturated rings. The fourth-order valence-electron chi connectivity index (χ4n) is 7.35. The molecule has 0 amide bonds. The molecule has 0 saturated heterocycles. The monoisotopic (exact) mass is 1120 g/mol. The molecular formula is C53H37EuF7O6P2. The molecule has 8 aromatic carbocycles. The predicted molar refractivity (Wildman–Crippen MR) is 254 cm³/mol. The van der Waals surface area contributed by atoms with Crippen LogP contribution in [-0.4, -0.2) is 28.9 Å². The number of hydrogen-bond donors (Lipinski definition) is 1. The molecule has 69 heavy (non-hydrogen) atoms. The third-order valence-electron chi connectivity index (χ3n) is 10.8. The average molecular weight is 1120 g/mol. The smallest absolute Gasteiger partial charge is 0.460 e. The molecule has 0 unspecified atom stereocenters. The standard InChI is InChI=1S/2C18H15OP.C17H7F7O4.Eu/c2*19-20(16-10-4-1-5-11-16,17-12-6-2-7-13-17)18-14-8-3-9-15-18;18-15(19,16(20,21)17(22,23)24)13(26)11-12(25)10-8-4-2-1-3-7(8)5-6-9(10)28-14(11)27;/h2*1-15H;1-6,25H;. The van der Waals surface area contributed by atoms with Gasteiger partial charge in [0.15, 0.2) is 19.8 Å². The van der Waals surface area contributed by atoms with Crippen molar-refractivity contribution in [2.24, 2.45) is 0 Å². The Kier molecular flexibility index (Phi) is 16.7. The molecular weight excluding hydrogens is 1080 g/mol. The maximum Gasteiger partial charge on any atom is 0.460 e. The Bertz CT molecular complexity index is 2990. The molecule has 0 bridgehead atoms. The zero-order valence-corrected chi connectivity index (χ0v) is 39.9. The van der Waals surface area contributed by atoms with Crippen LogP contribution in [0.2, 0.25) is 0 Å². The molecule has 1 heterocycles. The van der Waals surface area contributed by atoms with Crippen LogP contribution in [0.5, 0.6) is 5.75 Å². The van der Waals surface area contributed by atoms with Crippen LogP contribution in [-0.2, 0) is 9.13 Å². The molecule has 0 saturated carbocycles. The van der Waals surface area contributed by atoms with Crippen LogP contribution in [0.4, 0.5) is 30.7 Å². The predicted octanol–water partition coefficient (Wildman–Crippen LogP) is 11.3. The Morgan fingerprint density at radius 2 is 0.754 bits per heavy atom. The van der Waals surface area contributed by atoms with Gasteiger partial charge in [0.1, 0.15) is 11.3 Å².